The van der Waals surface area contributed by atoms with Crippen molar-refractivity contribution in [3.05, 3.63) is 48.0 Å². The van der Waals surface area contributed by atoms with Crippen molar-refractivity contribution in [3.63, 3.8) is 0 Å². The molecule has 98 valence electrons. The molecule has 1 aromatic carbocycles. The van der Waals surface area contributed by atoms with Crippen molar-refractivity contribution in [2.75, 3.05) is 0 Å². The fraction of sp³-hybridized carbons (Fsp3) is 0.286. The molecular weight excluding hydrogens is 245 g/mol. The second-order valence-corrected chi connectivity index (χ2v) is 4.50. The molecule has 3 aromatic rings. The maximum atomic E-state index is 13.3. The summed E-state index contributed by atoms with van der Waals surface area (Å²) in [6.45, 7) is 2.55. The van der Waals surface area contributed by atoms with Gasteiger partial charge in [-0.2, -0.15) is 4.98 Å². The minimum atomic E-state index is -0.243. The number of hydrogen-bond acceptors (Lipinski definition) is 3. The number of rotatable bonds is 4. The van der Waals surface area contributed by atoms with Crippen LogP contribution in [0, 0.1) is 5.82 Å². The molecule has 0 saturated heterocycles. The molecule has 4 nitrogen and oxygen atoms in total. The molecule has 0 atom stereocenters. The molecule has 3 rings (SSSR count). The summed E-state index contributed by atoms with van der Waals surface area (Å²) in [7, 11) is 0. The van der Waals surface area contributed by atoms with E-state index in [-0.39, 0.29) is 5.82 Å². The summed E-state index contributed by atoms with van der Waals surface area (Å²) in [4.78, 5) is 4.31. The Hall–Kier alpha value is -2.17. The van der Waals surface area contributed by atoms with Gasteiger partial charge in [-0.25, -0.2) is 4.39 Å². The largest absolute Gasteiger partial charge is 0.340 e. The van der Waals surface area contributed by atoms with Gasteiger partial charge in [-0.1, -0.05) is 12.1 Å². The standard InChI is InChI=1S/C14H14FN3O/c1-2-3-14-16-13(17-19-14)9-18-7-6-10-4-5-11(15)8-12(10)18/h4-8H,2-3,9H2,1H3. The van der Waals surface area contributed by atoms with Gasteiger partial charge in [-0.15, -0.1) is 0 Å². The van der Waals surface area contributed by atoms with Crippen LogP contribution < -0.4 is 0 Å². The Labute approximate surface area is 109 Å². The van der Waals surface area contributed by atoms with Crippen LogP contribution in [0.2, 0.25) is 0 Å². The summed E-state index contributed by atoms with van der Waals surface area (Å²) >= 11 is 0. The van der Waals surface area contributed by atoms with Gasteiger partial charge in [0.1, 0.15) is 5.82 Å². The van der Waals surface area contributed by atoms with Crippen LogP contribution in [-0.2, 0) is 13.0 Å². The van der Waals surface area contributed by atoms with Gasteiger partial charge in [0.25, 0.3) is 0 Å². The van der Waals surface area contributed by atoms with E-state index in [9.17, 15) is 4.39 Å². The molecule has 0 saturated carbocycles. The van der Waals surface area contributed by atoms with Crippen molar-refractivity contribution in [1.29, 1.82) is 0 Å². The lowest BCUT2D eigenvalue weighted by molar-refractivity contribution is 0.371. The van der Waals surface area contributed by atoms with Crippen LogP contribution in [0.1, 0.15) is 25.1 Å². The third-order valence-corrected chi connectivity index (χ3v) is 3.02. The second-order valence-electron chi connectivity index (χ2n) is 4.50. The topological polar surface area (TPSA) is 43.9 Å². The summed E-state index contributed by atoms with van der Waals surface area (Å²) in [6, 6.07) is 6.68. The molecule has 0 bridgehead atoms. The second kappa shape index (κ2) is 4.84. The quantitative estimate of drug-likeness (QED) is 0.722. The molecule has 0 fully saturated rings. The molecule has 2 aromatic heterocycles. The van der Waals surface area contributed by atoms with Crippen molar-refractivity contribution in [2.45, 2.75) is 26.3 Å². The van der Waals surface area contributed by atoms with Gasteiger partial charge >= 0.3 is 0 Å². The Morgan fingerprint density at radius 2 is 2.21 bits per heavy atom. The lowest BCUT2D eigenvalue weighted by atomic mass is 10.2. The first-order valence-electron chi connectivity index (χ1n) is 6.32. The van der Waals surface area contributed by atoms with Crippen molar-refractivity contribution in [3.8, 4) is 0 Å². The van der Waals surface area contributed by atoms with Gasteiger partial charge in [0.05, 0.1) is 12.1 Å². The number of nitrogens with zero attached hydrogens (tertiary/aromatic N) is 3. The van der Waals surface area contributed by atoms with Gasteiger partial charge in [-0.05, 0) is 36.1 Å². The Bertz CT molecular complexity index is 702. The summed E-state index contributed by atoms with van der Waals surface area (Å²) < 4.78 is 20.3. The van der Waals surface area contributed by atoms with Crippen molar-refractivity contribution in [1.82, 2.24) is 14.7 Å². The maximum Gasteiger partial charge on any atom is 0.226 e. The van der Waals surface area contributed by atoms with Crippen LogP contribution in [0.3, 0.4) is 0 Å². The third-order valence-electron chi connectivity index (χ3n) is 3.02. The first kappa shape index (κ1) is 11.9. The van der Waals surface area contributed by atoms with E-state index in [1.165, 1.54) is 12.1 Å². The van der Waals surface area contributed by atoms with Gasteiger partial charge in [-0.3, -0.25) is 0 Å². The van der Waals surface area contributed by atoms with E-state index in [1.807, 2.05) is 16.8 Å². The Kier molecular flexibility index (Phi) is 3.03. The SMILES string of the molecule is CCCc1nc(Cn2ccc3ccc(F)cc32)no1. The predicted octanol–water partition coefficient (Wildman–Crippen LogP) is 3.16. The molecule has 0 amide bonds. The van der Waals surface area contributed by atoms with Gasteiger partial charge < -0.3 is 9.09 Å². The van der Waals surface area contributed by atoms with E-state index in [0.717, 1.165) is 23.7 Å². The van der Waals surface area contributed by atoms with Crippen molar-refractivity contribution in [2.24, 2.45) is 0 Å². The van der Waals surface area contributed by atoms with Crippen LogP contribution in [-0.4, -0.2) is 14.7 Å². The smallest absolute Gasteiger partial charge is 0.226 e. The summed E-state index contributed by atoms with van der Waals surface area (Å²) in [5.41, 5.74) is 0.835. The highest BCUT2D eigenvalue weighted by Gasteiger charge is 2.08. The van der Waals surface area contributed by atoms with E-state index >= 15 is 0 Å². The number of halogens is 1. The molecular formula is C14H14FN3O. The zero-order valence-electron chi connectivity index (χ0n) is 10.6. The van der Waals surface area contributed by atoms with E-state index < -0.39 is 0 Å². The molecule has 19 heavy (non-hydrogen) atoms. The molecule has 2 heterocycles. The Balaban J connectivity index is 1.89. The van der Waals surface area contributed by atoms with Crippen LogP contribution in [0.5, 0.6) is 0 Å². The summed E-state index contributed by atoms with van der Waals surface area (Å²) in [5.74, 6) is 1.03. The Morgan fingerprint density at radius 3 is 3.05 bits per heavy atom. The number of fused-ring (bicyclic) bond motifs is 1. The summed E-state index contributed by atoms with van der Waals surface area (Å²) in [5, 5.41) is 4.94. The van der Waals surface area contributed by atoms with E-state index in [2.05, 4.69) is 17.1 Å². The fourth-order valence-corrected chi connectivity index (χ4v) is 2.12. The Morgan fingerprint density at radius 1 is 1.32 bits per heavy atom. The monoisotopic (exact) mass is 259 g/mol. The van der Waals surface area contributed by atoms with Crippen LogP contribution in [0.4, 0.5) is 4.39 Å². The number of hydrogen-bond donors (Lipinski definition) is 0. The third kappa shape index (κ3) is 2.36. The van der Waals surface area contributed by atoms with Gasteiger partial charge in [0.2, 0.25) is 5.89 Å². The van der Waals surface area contributed by atoms with Gasteiger partial charge in [0.15, 0.2) is 5.82 Å². The average Bonchev–Trinajstić information content (AvgIpc) is 2.98. The minimum absolute atomic E-state index is 0.243. The molecule has 0 aliphatic heterocycles. The highest BCUT2D eigenvalue weighted by atomic mass is 19.1. The maximum absolute atomic E-state index is 13.3. The molecule has 0 unspecified atom stereocenters. The minimum Gasteiger partial charge on any atom is -0.340 e. The molecule has 0 N–H and O–H groups in total. The van der Waals surface area contributed by atoms with Crippen LogP contribution >= 0.6 is 0 Å². The normalized spacial score (nSPS) is 11.3. The molecule has 0 radical (unpaired) electrons. The lowest BCUT2D eigenvalue weighted by Crippen LogP contribution is -2.00. The van der Waals surface area contributed by atoms with Crippen molar-refractivity contribution < 1.29 is 8.91 Å². The fourth-order valence-electron chi connectivity index (χ4n) is 2.12. The molecule has 0 aliphatic rings. The highest BCUT2D eigenvalue weighted by Crippen LogP contribution is 2.18. The average molecular weight is 259 g/mol. The van der Waals surface area contributed by atoms with E-state index in [0.29, 0.717) is 18.3 Å². The van der Waals surface area contributed by atoms with Gasteiger partial charge in [0, 0.05) is 12.6 Å². The van der Waals surface area contributed by atoms with Crippen LogP contribution in [0.25, 0.3) is 10.9 Å². The zero-order chi connectivity index (χ0) is 13.2. The molecule has 5 heteroatoms. The number of aryl methyl sites for hydroxylation is 1. The molecule has 0 spiro atoms. The first-order chi connectivity index (χ1) is 9.26. The van der Waals surface area contributed by atoms with Crippen molar-refractivity contribution >= 4 is 10.9 Å². The van der Waals surface area contributed by atoms with Crippen LogP contribution in [0.15, 0.2) is 35.0 Å². The number of aromatic nitrogens is 3. The predicted molar refractivity (Wildman–Crippen MR) is 69.3 cm³/mol. The first-order valence-corrected chi connectivity index (χ1v) is 6.32. The lowest BCUT2D eigenvalue weighted by Gasteiger charge is -2.01. The number of benzene rings is 1. The summed E-state index contributed by atoms with van der Waals surface area (Å²) in [6.07, 6.45) is 3.66. The molecule has 0 aliphatic carbocycles. The van der Waals surface area contributed by atoms with E-state index in [4.69, 9.17) is 4.52 Å². The zero-order valence-corrected chi connectivity index (χ0v) is 10.6. The highest BCUT2D eigenvalue weighted by molar-refractivity contribution is 5.80. The van der Waals surface area contributed by atoms with E-state index in [1.54, 1.807) is 6.07 Å².